The van der Waals surface area contributed by atoms with Gasteiger partial charge in [-0.2, -0.15) is 0 Å². The summed E-state index contributed by atoms with van der Waals surface area (Å²) in [6, 6.07) is 45.9. The number of hydrogen-bond acceptors (Lipinski definition) is 12. The highest BCUT2D eigenvalue weighted by Crippen LogP contribution is 2.40. The Hall–Kier alpha value is -5.30. The Kier molecular flexibility index (Phi) is 19.5. The molecule has 15 heteroatoms. The van der Waals surface area contributed by atoms with E-state index >= 15 is 0 Å². The number of aliphatic hydroxyl groups excluding tert-OH is 1. The summed E-state index contributed by atoms with van der Waals surface area (Å²) in [7, 11) is -2.60. The number of alkyl carbamates (subject to hydrolysis) is 1. The summed E-state index contributed by atoms with van der Waals surface area (Å²) in [6.07, 6.45) is -9.59. The number of benzene rings is 5. The van der Waals surface area contributed by atoms with Gasteiger partial charge in [0, 0.05) is 6.92 Å². The number of carbonyl (C=O) groups excluding carboxylic acids is 2. The molecule has 0 radical (unpaired) electrons. The molecular formula is C56H70N2O12Si. The fraction of sp³-hybridized carbons (Fsp3) is 0.429. The fourth-order valence-corrected chi connectivity index (χ4v) is 9.34. The first-order chi connectivity index (χ1) is 34.2. The molecule has 0 unspecified atom stereocenters. The van der Waals surface area contributed by atoms with Crippen molar-refractivity contribution in [1.82, 2.24) is 10.6 Å². The van der Waals surface area contributed by atoms with Crippen molar-refractivity contribution in [3.05, 3.63) is 179 Å². The molecule has 0 aliphatic carbocycles. The first kappa shape index (κ1) is 53.5. The van der Waals surface area contributed by atoms with Crippen LogP contribution in [0.15, 0.2) is 152 Å². The summed E-state index contributed by atoms with van der Waals surface area (Å²) in [5.41, 5.74) is 4.36. The zero-order valence-electron chi connectivity index (χ0n) is 41.6. The zero-order valence-corrected chi connectivity index (χ0v) is 42.6. The normalized spacial score (nSPS) is 24.7. The second-order valence-corrected chi connectivity index (χ2v) is 24.3. The molecule has 2 aliphatic heterocycles. The highest BCUT2D eigenvalue weighted by Gasteiger charge is 2.55. The van der Waals surface area contributed by atoms with Gasteiger partial charge in [-0.1, -0.05) is 172 Å². The van der Waals surface area contributed by atoms with Crippen LogP contribution in [0.25, 0.3) is 0 Å². The zero-order chi connectivity index (χ0) is 50.2. The number of amides is 2. The second-order valence-electron chi connectivity index (χ2n) is 19.5. The Bertz CT molecular complexity index is 2350. The van der Waals surface area contributed by atoms with E-state index in [0.717, 1.165) is 27.8 Å². The van der Waals surface area contributed by atoms with Gasteiger partial charge in [0.25, 0.3) is 0 Å². The summed E-state index contributed by atoms with van der Waals surface area (Å²) < 4.78 is 60.1. The van der Waals surface area contributed by atoms with Crippen LogP contribution in [0.5, 0.6) is 0 Å². The molecule has 2 amide bonds. The van der Waals surface area contributed by atoms with E-state index in [-0.39, 0.29) is 57.2 Å². The van der Waals surface area contributed by atoms with Crippen LogP contribution in [0.1, 0.15) is 55.5 Å². The van der Waals surface area contributed by atoms with E-state index in [0.29, 0.717) is 0 Å². The van der Waals surface area contributed by atoms with Crippen LogP contribution in [0.3, 0.4) is 0 Å². The van der Waals surface area contributed by atoms with Gasteiger partial charge in [0.2, 0.25) is 5.91 Å². The van der Waals surface area contributed by atoms with Gasteiger partial charge in [-0.05, 0) is 45.9 Å². The molecule has 2 heterocycles. The lowest BCUT2D eigenvalue weighted by Gasteiger charge is -2.51. The topological polar surface area (TPSA) is 162 Å². The number of nitrogens with one attached hydrogen (secondary N) is 2. The van der Waals surface area contributed by atoms with Crippen molar-refractivity contribution in [2.45, 2.75) is 140 Å². The molecule has 71 heavy (non-hydrogen) atoms. The van der Waals surface area contributed by atoms with Crippen molar-refractivity contribution in [3.8, 4) is 0 Å². The van der Waals surface area contributed by atoms with Crippen LogP contribution in [-0.2, 0) is 80.1 Å². The quantitative estimate of drug-likeness (QED) is 0.0568. The van der Waals surface area contributed by atoms with E-state index in [1.807, 2.05) is 152 Å². The van der Waals surface area contributed by atoms with E-state index in [9.17, 15) is 14.7 Å². The molecule has 0 aromatic heterocycles. The number of carbonyl (C=O) groups is 2. The first-order valence-corrected chi connectivity index (χ1v) is 27.3. The van der Waals surface area contributed by atoms with E-state index in [2.05, 4.69) is 44.5 Å². The maximum atomic E-state index is 14.0. The van der Waals surface area contributed by atoms with Gasteiger partial charge in [-0.3, -0.25) is 4.79 Å². The molecule has 2 aliphatic rings. The van der Waals surface area contributed by atoms with Gasteiger partial charge >= 0.3 is 6.09 Å². The smallest absolute Gasteiger partial charge is 0.407 e. The summed E-state index contributed by atoms with van der Waals surface area (Å²) in [4.78, 5) is 27.3. The molecule has 3 N–H and O–H groups in total. The number of aliphatic hydroxyl groups is 1. The van der Waals surface area contributed by atoms with Crippen molar-refractivity contribution >= 4 is 20.3 Å². The fourth-order valence-electron chi connectivity index (χ4n) is 8.20. The predicted molar refractivity (Wildman–Crippen MR) is 270 cm³/mol. The average molecular weight is 991 g/mol. The Morgan fingerprint density at radius 1 is 0.549 bits per heavy atom. The highest BCUT2D eigenvalue weighted by atomic mass is 28.4. The Morgan fingerprint density at radius 2 is 0.958 bits per heavy atom. The minimum absolute atomic E-state index is 0.000972. The monoisotopic (exact) mass is 990 g/mol. The van der Waals surface area contributed by atoms with E-state index < -0.39 is 75.7 Å². The maximum absolute atomic E-state index is 14.0. The molecule has 10 atom stereocenters. The summed E-state index contributed by atoms with van der Waals surface area (Å²) >= 11 is 0. The lowest BCUT2D eigenvalue weighted by Crippen LogP contribution is -2.70. The number of rotatable bonds is 22. The Morgan fingerprint density at radius 3 is 1.42 bits per heavy atom. The van der Waals surface area contributed by atoms with Crippen LogP contribution in [0.4, 0.5) is 4.79 Å². The van der Waals surface area contributed by atoms with Crippen molar-refractivity contribution in [1.29, 1.82) is 0 Å². The molecular weight excluding hydrogens is 921 g/mol. The van der Waals surface area contributed by atoms with Gasteiger partial charge in [-0.15, -0.1) is 0 Å². The second kappa shape index (κ2) is 25.9. The van der Waals surface area contributed by atoms with E-state index in [4.69, 9.17) is 42.3 Å². The summed E-state index contributed by atoms with van der Waals surface area (Å²) in [5, 5.41) is 18.1. The summed E-state index contributed by atoms with van der Waals surface area (Å²) in [6.45, 7) is 12.7. The highest BCUT2D eigenvalue weighted by molar-refractivity contribution is 6.74. The third-order valence-corrected chi connectivity index (χ3v) is 17.5. The van der Waals surface area contributed by atoms with Crippen molar-refractivity contribution in [3.63, 3.8) is 0 Å². The van der Waals surface area contributed by atoms with Crippen molar-refractivity contribution in [2.24, 2.45) is 0 Å². The molecule has 0 spiro atoms. The standard InChI is InChI=1S/C56H70N2O12Si/c1-39(59)57-48-52(65-35-43-28-18-10-19-29-43)50(46(38-63-33-41-24-14-8-15-25-41)68-54(48)70-71(5,6)56(2,3)4)69-53-47(58-55(61)66-36-44-30-20-11-21-31-44)51(64-34-42-26-16-9-17-27-42)49(60)45(67-53)37-62-32-40-22-12-7-13-23-40/h7-31,45-54,60H,32-38H2,1-6H3,(H,57,59)(H,58,61)/t45-,46-,47-,48-,49-,50-,51-,52-,53+,54+/m1/s1. The van der Waals surface area contributed by atoms with E-state index in [1.165, 1.54) is 6.92 Å². The molecule has 380 valence electrons. The van der Waals surface area contributed by atoms with Gasteiger partial charge in [0.1, 0.15) is 55.3 Å². The van der Waals surface area contributed by atoms with Crippen molar-refractivity contribution in [2.75, 3.05) is 13.2 Å². The molecule has 5 aromatic rings. The van der Waals surface area contributed by atoms with Gasteiger partial charge in [0.15, 0.2) is 20.9 Å². The third kappa shape index (κ3) is 15.6. The minimum Gasteiger partial charge on any atom is -0.445 e. The number of ether oxygens (including phenoxy) is 8. The van der Waals surface area contributed by atoms with Crippen LogP contribution in [0, 0.1) is 0 Å². The molecule has 7 rings (SSSR count). The van der Waals surface area contributed by atoms with Gasteiger partial charge in [-0.25, -0.2) is 4.79 Å². The maximum Gasteiger partial charge on any atom is 0.407 e. The van der Waals surface area contributed by atoms with Crippen LogP contribution in [0.2, 0.25) is 18.1 Å². The Balaban J connectivity index is 1.29. The number of hydrogen-bond donors (Lipinski definition) is 3. The largest absolute Gasteiger partial charge is 0.445 e. The molecule has 14 nitrogen and oxygen atoms in total. The molecule has 0 bridgehead atoms. The van der Waals surface area contributed by atoms with Crippen LogP contribution in [-0.4, -0.2) is 99.9 Å². The average Bonchev–Trinajstić information content (AvgIpc) is 3.36. The van der Waals surface area contributed by atoms with E-state index in [1.54, 1.807) is 0 Å². The SMILES string of the molecule is CC(=O)N[C@H]1[C@H](O[Si](C)(C)C(C)(C)C)O[C@H](COCc2ccccc2)[C@@H](O[C@@H]2O[C@H](COCc3ccccc3)[C@@H](O)[C@H](OCc3ccccc3)[C@H]2NC(=O)OCc2ccccc2)[C@@H]1OCc1ccccc1. The molecule has 5 aromatic carbocycles. The minimum atomic E-state index is -2.60. The lowest BCUT2D eigenvalue weighted by molar-refractivity contribution is -0.335. The Labute approximate surface area is 419 Å². The third-order valence-electron chi connectivity index (χ3n) is 13.1. The van der Waals surface area contributed by atoms with Gasteiger partial charge < -0.3 is 58.1 Å². The van der Waals surface area contributed by atoms with Crippen molar-refractivity contribution < 1.29 is 57.0 Å². The lowest BCUT2D eigenvalue weighted by atomic mass is 9.94. The molecule has 2 saturated heterocycles. The van der Waals surface area contributed by atoms with Crippen LogP contribution >= 0.6 is 0 Å². The molecule has 2 fully saturated rings. The first-order valence-electron chi connectivity index (χ1n) is 24.3. The molecule has 0 saturated carbocycles. The predicted octanol–water partition coefficient (Wildman–Crippen LogP) is 8.61. The summed E-state index contributed by atoms with van der Waals surface area (Å²) in [5.74, 6) is -0.337. The van der Waals surface area contributed by atoms with Gasteiger partial charge in [0.05, 0.1) is 39.6 Å². The van der Waals surface area contributed by atoms with Crippen LogP contribution < -0.4 is 10.6 Å².